The molecular weight excluding hydrogens is 337 g/mol. The van der Waals surface area contributed by atoms with Crippen molar-refractivity contribution in [2.45, 2.75) is 12.6 Å². The summed E-state index contributed by atoms with van der Waals surface area (Å²) in [5.41, 5.74) is -1.81. The van der Waals surface area contributed by atoms with Crippen LogP contribution in [-0.2, 0) is 6.18 Å². The fourth-order valence-corrected chi connectivity index (χ4v) is 1.79. The van der Waals surface area contributed by atoms with E-state index in [0.717, 1.165) is 19.2 Å². The van der Waals surface area contributed by atoms with E-state index in [1.54, 1.807) is 0 Å². The summed E-state index contributed by atoms with van der Waals surface area (Å²) >= 11 is 2.87. The highest BCUT2D eigenvalue weighted by atomic mass is 79.9. The van der Waals surface area contributed by atoms with Crippen molar-refractivity contribution in [3.05, 3.63) is 33.8 Å². The summed E-state index contributed by atoms with van der Waals surface area (Å²) in [7, 11) is 1.02. The Morgan fingerprint density at radius 2 is 1.95 bits per heavy atom. The molecule has 0 fully saturated rings. The van der Waals surface area contributed by atoms with Crippen LogP contribution >= 0.6 is 15.9 Å². The molecule has 2 nitrogen and oxygen atoms in total. The van der Waals surface area contributed by atoms with E-state index < -0.39 is 36.2 Å². The molecule has 0 radical (unpaired) electrons. The minimum Gasteiger partial charge on any atom is -0.336 e. The second-order valence-corrected chi connectivity index (χ2v) is 4.68. The first-order valence-electron chi connectivity index (χ1n) is 5.03. The van der Waals surface area contributed by atoms with Crippen LogP contribution in [0.25, 0.3) is 0 Å². The average molecular weight is 346 g/mol. The lowest BCUT2D eigenvalue weighted by Crippen LogP contribution is -2.32. The predicted molar refractivity (Wildman–Crippen MR) is 62.1 cm³/mol. The SMILES string of the molecule is CN(CC(F)F)C(=O)c1ccc(Br)cc1C(F)(F)F. The van der Waals surface area contributed by atoms with Crippen molar-refractivity contribution in [2.24, 2.45) is 0 Å². The predicted octanol–water partition coefficient (Wildman–Crippen LogP) is 3.81. The van der Waals surface area contributed by atoms with Crippen molar-refractivity contribution in [1.29, 1.82) is 0 Å². The zero-order valence-electron chi connectivity index (χ0n) is 9.64. The molecule has 0 unspecified atom stereocenters. The molecule has 19 heavy (non-hydrogen) atoms. The second-order valence-electron chi connectivity index (χ2n) is 3.76. The Morgan fingerprint density at radius 1 is 1.37 bits per heavy atom. The highest BCUT2D eigenvalue weighted by molar-refractivity contribution is 9.10. The number of alkyl halides is 5. The Hall–Kier alpha value is -1.18. The summed E-state index contributed by atoms with van der Waals surface area (Å²) in [6.45, 7) is -0.924. The van der Waals surface area contributed by atoms with Crippen LogP contribution in [0.2, 0.25) is 0 Å². The minimum absolute atomic E-state index is 0.146. The first kappa shape index (κ1) is 15.9. The maximum absolute atomic E-state index is 12.8. The molecule has 0 spiro atoms. The van der Waals surface area contributed by atoms with Crippen LogP contribution in [0.15, 0.2) is 22.7 Å². The van der Waals surface area contributed by atoms with E-state index in [0.29, 0.717) is 4.90 Å². The molecule has 0 aliphatic heterocycles. The van der Waals surface area contributed by atoms with Gasteiger partial charge < -0.3 is 4.90 Å². The van der Waals surface area contributed by atoms with Crippen LogP contribution in [0, 0.1) is 0 Å². The third-order valence-electron chi connectivity index (χ3n) is 2.28. The number of halogens is 6. The van der Waals surface area contributed by atoms with Gasteiger partial charge in [-0.3, -0.25) is 4.79 Å². The van der Waals surface area contributed by atoms with Crippen molar-refractivity contribution in [3.8, 4) is 0 Å². The summed E-state index contributed by atoms with van der Waals surface area (Å²) in [6.07, 6.45) is -7.54. The molecule has 1 rings (SSSR count). The van der Waals surface area contributed by atoms with Crippen molar-refractivity contribution in [2.75, 3.05) is 13.6 Å². The molecule has 0 aromatic heterocycles. The molecule has 0 heterocycles. The van der Waals surface area contributed by atoms with Crippen LogP contribution in [0.5, 0.6) is 0 Å². The van der Waals surface area contributed by atoms with Gasteiger partial charge in [-0.15, -0.1) is 0 Å². The molecule has 1 aromatic rings. The number of nitrogens with zero attached hydrogens (tertiary/aromatic N) is 1. The summed E-state index contributed by atoms with van der Waals surface area (Å²) in [4.78, 5) is 12.3. The first-order valence-corrected chi connectivity index (χ1v) is 5.82. The van der Waals surface area contributed by atoms with Crippen LogP contribution in [0.4, 0.5) is 22.0 Å². The largest absolute Gasteiger partial charge is 0.417 e. The molecule has 106 valence electrons. The van der Waals surface area contributed by atoms with Crippen LogP contribution in [0.1, 0.15) is 15.9 Å². The fraction of sp³-hybridized carbons (Fsp3) is 0.364. The van der Waals surface area contributed by atoms with Gasteiger partial charge in [-0.1, -0.05) is 15.9 Å². The highest BCUT2D eigenvalue weighted by Crippen LogP contribution is 2.34. The van der Waals surface area contributed by atoms with Crippen molar-refractivity contribution >= 4 is 21.8 Å². The lowest BCUT2D eigenvalue weighted by molar-refractivity contribution is -0.138. The molecule has 8 heteroatoms. The molecule has 0 atom stereocenters. The van der Waals surface area contributed by atoms with Gasteiger partial charge in [-0.05, 0) is 18.2 Å². The van der Waals surface area contributed by atoms with E-state index in [4.69, 9.17) is 0 Å². The second kappa shape index (κ2) is 5.85. The zero-order valence-corrected chi connectivity index (χ0v) is 11.2. The maximum atomic E-state index is 12.8. The van der Waals surface area contributed by atoms with Crippen molar-refractivity contribution in [1.82, 2.24) is 4.90 Å². The third kappa shape index (κ3) is 4.15. The van der Waals surface area contributed by atoms with Crippen molar-refractivity contribution in [3.63, 3.8) is 0 Å². The van der Waals surface area contributed by atoms with E-state index >= 15 is 0 Å². The topological polar surface area (TPSA) is 20.3 Å². The van der Waals surface area contributed by atoms with E-state index in [2.05, 4.69) is 15.9 Å². The van der Waals surface area contributed by atoms with E-state index in [1.165, 1.54) is 6.07 Å². The normalized spacial score (nSPS) is 11.8. The molecule has 0 bridgehead atoms. The molecule has 0 saturated carbocycles. The summed E-state index contributed by atoms with van der Waals surface area (Å²) in [5.74, 6) is -1.10. The molecular formula is C11H9BrF5NO. The van der Waals surface area contributed by atoms with Gasteiger partial charge in [0.2, 0.25) is 0 Å². The number of hydrogen-bond donors (Lipinski definition) is 0. The summed E-state index contributed by atoms with van der Waals surface area (Å²) in [6, 6.07) is 2.94. The monoisotopic (exact) mass is 345 g/mol. The standard InChI is InChI=1S/C11H9BrF5NO/c1-18(5-9(13)14)10(19)7-3-2-6(12)4-8(7)11(15,16)17/h2-4,9H,5H2,1H3. The van der Waals surface area contributed by atoms with Gasteiger partial charge in [0, 0.05) is 11.5 Å². The number of rotatable bonds is 3. The Kier molecular flexibility index (Phi) is 4.89. The van der Waals surface area contributed by atoms with Crippen LogP contribution < -0.4 is 0 Å². The zero-order chi connectivity index (χ0) is 14.8. The van der Waals surface area contributed by atoms with E-state index in [9.17, 15) is 26.7 Å². The molecule has 1 aromatic carbocycles. The van der Waals surface area contributed by atoms with Gasteiger partial charge in [-0.25, -0.2) is 8.78 Å². The van der Waals surface area contributed by atoms with Crippen molar-refractivity contribution < 1.29 is 26.7 Å². The number of carbonyl (C=O) groups excluding carboxylic acids is 1. The summed E-state index contributed by atoms with van der Waals surface area (Å²) < 4.78 is 62.7. The van der Waals surface area contributed by atoms with Gasteiger partial charge in [0.15, 0.2) is 0 Å². The Morgan fingerprint density at radius 3 is 2.42 bits per heavy atom. The first-order chi connectivity index (χ1) is 8.62. The van der Waals surface area contributed by atoms with Gasteiger partial charge in [0.1, 0.15) is 0 Å². The lowest BCUT2D eigenvalue weighted by Gasteiger charge is -2.19. The van der Waals surface area contributed by atoms with Crippen LogP contribution in [-0.4, -0.2) is 30.8 Å². The maximum Gasteiger partial charge on any atom is 0.417 e. The fourth-order valence-electron chi connectivity index (χ4n) is 1.43. The molecule has 0 aliphatic rings. The number of benzene rings is 1. The number of carbonyl (C=O) groups is 1. The number of amides is 1. The average Bonchev–Trinajstić information content (AvgIpc) is 2.25. The smallest absolute Gasteiger partial charge is 0.336 e. The van der Waals surface area contributed by atoms with E-state index in [1.807, 2.05) is 0 Å². The minimum atomic E-state index is -4.74. The quantitative estimate of drug-likeness (QED) is 0.763. The lowest BCUT2D eigenvalue weighted by atomic mass is 10.1. The van der Waals surface area contributed by atoms with Gasteiger partial charge in [0.25, 0.3) is 12.3 Å². The Labute approximate surface area is 114 Å². The highest BCUT2D eigenvalue weighted by Gasteiger charge is 2.36. The third-order valence-corrected chi connectivity index (χ3v) is 2.77. The van der Waals surface area contributed by atoms with Gasteiger partial charge in [0.05, 0.1) is 17.7 Å². The summed E-state index contributed by atoms with van der Waals surface area (Å²) in [5, 5.41) is 0. The molecule has 1 amide bonds. The van der Waals surface area contributed by atoms with E-state index in [-0.39, 0.29) is 4.47 Å². The van der Waals surface area contributed by atoms with Crippen LogP contribution in [0.3, 0.4) is 0 Å². The number of hydrogen-bond acceptors (Lipinski definition) is 1. The Bertz CT molecular complexity index is 475. The van der Waals surface area contributed by atoms with Gasteiger partial charge in [-0.2, -0.15) is 13.2 Å². The molecule has 0 N–H and O–H groups in total. The molecule has 0 aliphatic carbocycles. The van der Waals surface area contributed by atoms with Gasteiger partial charge >= 0.3 is 6.18 Å². The molecule has 0 saturated heterocycles. The Balaban J connectivity index is 3.16.